The Hall–Kier alpha value is -0.330. The minimum Gasteiger partial charge on any atom is -0.299 e. The average Bonchev–Trinajstić information content (AvgIpc) is 2.00. The van der Waals surface area contributed by atoms with Crippen LogP contribution in [-0.4, -0.2) is 5.78 Å². The van der Waals surface area contributed by atoms with Crippen molar-refractivity contribution in [2.45, 2.75) is 48.0 Å². The fourth-order valence-electron chi connectivity index (χ4n) is 1.69. The minimum atomic E-state index is -0.130. The van der Waals surface area contributed by atoms with Crippen LogP contribution in [0, 0.1) is 17.3 Å². The molecule has 0 atom stereocenters. The van der Waals surface area contributed by atoms with Crippen molar-refractivity contribution >= 4 is 5.78 Å². The van der Waals surface area contributed by atoms with E-state index in [0.717, 1.165) is 0 Å². The summed E-state index contributed by atoms with van der Waals surface area (Å²) in [5.41, 5.74) is -0.130. The van der Waals surface area contributed by atoms with Crippen molar-refractivity contribution in [1.29, 1.82) is 0 Å². The van der Waals surface area contributed by atoms with Crippen LogP contribution in [-0.2, 0) is 4.79 Å². The van der Waals surface area contributed by atoms with Gasteiger partial charge in [-0.25, -0.2) is 0 Å². The molecule has 0 radical (unpaired) electrons. The van der Waals surface area contributed by atoms with Crippen LogP contribution in [0.25, 0.3) is 0 Å². The summed E-state index contributed by atoms with van der Waals surface area (Å²) in [5, 5.41) is 0. The van der Waals surface area contributed by atoms with E-state index < -0.39 is 0 Å². The van der Waals surface area contributed by atoms with Gasteiger partial charge in [-0.3, -0.25) is 4.79 Å². The molecule has 72 valence electrons. The van der Waals surface area contributed by atoms with Gasteiger partial charge in [0, 0.05) is 11.8 Å². The van der Waals surface area contributed by atoms with Crippen LogP contribution < -0.4 is 0 Å². The number of hydrogen-bond acceptors (Lipinski definition) is 1. The summed E-state index contributed by atoms with van der Waals surface area (Å²) in [6.45, 7) is 12.6. The van der Waals surface area contributed by atoms with Gasteiger partial charge in [-0.05, 0) is 11.8 Å². The molecule has 0 bridgehead atoms. The Balaban J connectivity index is 4.74. The van der Waals surface area contributed by atoms with Gasteiger partial charge in [-0.1, -0.05) is 41.5 Å². The molecule has 1 heteroatoms. The molecule has 0 saturated heterocycles. The van der Waals surface area contributed by atoms with Crippen molar-refractivity contribution in [2.75, 3.05) is 0 Å². The van der Waals surface area contributed by atoms with Crippen LogP contribution in [0.4, 0.5) is 0 Å². The molecule has 0 aromatic rings. The predicted octanol–water partition coefficient (Wildman–Crippen LogP) is 3.28. The van der Waals surface area contributed by atoms with Crippen LogP contribution in [0.2, 0.25) is 0 Å². The van der Waals surface area contributed by atoms with Crippen LogP contribution in [0.15, 0.2) is 0 Å². The average molecular weight is 170 g/mol. The predicted molar refractivity (Wildman–Crippen MR) is 53.1 cm³/mol. The molecule has 0 aliphatic rings. The Morgan fingerprint density at radius 3 is 1.58 bits per heavy atom. The van der Waals surface area contributed by atoms with Gasteiger partial charge in [-0.2, -0.15) is 0 Å². The highest BCUT2D eigenvalue weighted by Crippen LogP contribution is 2.36. The van der Waals surface area contributed by atoms with Gasteiger partial charge < -0.3 is 0 Å². The number of ketones is 1. The van der Waals surface area contributed by atoms with E-state index in [2.05, 4.69) is 34.6 Å². The molecule has 0 rings (SSSR count). The molecular weight excluding hydrogens is 148 g/mol. The maximum Gasteiger partial charge on any atom is 0.138 e. The lowest BCUT2D eigenvalue weighted by atomic mass is 9.67. The second-order valence-electron chi connectivity index (χ2n) is 4.37. The van der Waals surface area contributed by atoms with Gasteiger partial charge in [0.15, 0.2) is 0 Å². The highest BCUT2D eigenvalue weighted by atomic mass is 16.1. The third-order valence-electron chi connectivity index (χ3n) is 3.32. The van der Waals surface area contributed by atoms with Crippen molar-refractivity contribution in [3.8, 4) is 0 Å². The van der Waals surface area contributed by atoms with E-state index in [0.29, 0.717) is 24.0 Å². The first kappa shape index (κ1) is 11.7. The second-order valence-corrected chi connectivity index (χ2v) is 4.37. The molecule has 0 aromatic heterocycles. The normalized spacial score (nSPS) is 12.7. The van der Waals surface area contributed by atoms with Gasteiger partial charge in [0.2, 0.25) is 0 Å². The zero-order valence-corrected chi connectivity index (χ0v) is 9.27. The standard InChI is InChI=1S/C11H22O/c1-7-10(12)11(6,8(2)3)9(4)5/h8-9H,7H2,1-6H3. The molecule has 12 heavy (non-hydrogen) atoms. The number of rotatable bonds is 4. The topological polar surface area (TPSA) is 17.1 Å². The molecule has 0 aliphatic carbocycles. The van der Waals surface area contributed by atoms with Gasteiger partial charge >= 0.3 is 0 Å². The van der Waals surface area contributed by atoms with E-state index >= 15 is 0 Å². The van der Waals surface area contributed by atoms with Crippen molar-refractivity contribution in [3.05, 3.63) is 0 Å². The molecule has 0 fully saturated rings. The van der Waals surface area contributed by atoms with Crippen LogP contribution in [0.5, 0.6) is 0 Å². The fourth-order valence-corrected chi connectivity index (χ4v) is 1.69. The van der Waals surface area contributed by atoms with Gasteiger partial charge in [0.1, 0.15) is 5.78 Å². The lowest BCUT2D eigenvalue weighted by molar-refractivity contribution is -0.132. The first-order valence-corrected chi connectivity index (χ1v) is 4.90. The highest BCUT2D eigenvalue weighted by Gasteiger charge is 2.37. The molecule has 0 heterocycles. The van der Waals surface area contributed by atoms with Crippen LogP contribution in [0.3, 0.4) is 0 Å². The van der Waals surface area contributed by atoms with E-state index in [1.165, 1.54) is 0 Å². The van der Waals surface area contributed by atoms with E-state index in [4.69, 9.17) is 0 Å². The quantitative estimate of drug-likeness (QED) is 0.632. The molecular formula is C11H22O. The zero-order chi connectivity index (χ0) is 9.94. The summed E-state index contributed by atoms with van der Waals surface area (Å²) < 4.78 is 0. The SMILES string of the molecule is CCC(=O)C(C)(C(C)C)C(C)C. The zero-order valence-electron chi connectivity index (χ0n) is 9.27. The number of hydrogen-bond donors (Lipinski definition) is 0. The lowest BCUT2D eigenvalue weighted by Crippen LogP contribution is -2.37. The molecule has 0 saturated carbocycles. The van der Waals surface area contributed by atoms with Crippen LogP contribution in [0.1, 0.15) is 48.0 Å². The van der Waals surface area contributed by atoms with Crippen molar-refractivity contribution < 1.29 is 4.79 Å². The number of carbonyl (C=O) groups is 1. The van der Waals surface area contributed by atoms with Gasteiger partial charge in [0.05, 0.1) is 0 Å². The molecule has 1 nitrogen and oxygen atoms in total. The van der Waals surface area contributed by atoms with Crippen molar-refractivity contribution in [3.63, 3.8) is 0 Å². The molecule has 0 spiro atoms. The fraction of sp³-hybridized carbons (Fsp3) is 0.909. The first-order chi connectivity index (χ1) is 5.37. The van der Waals surface area contributed by atoms with E-state index in [1.807, 2.05) is 6.92 Å². The third-order valence-corrected chi connectivity index (χ3v) is 3.32. The Labute approximate surface area is 76.6 Å². The Kier molecular flexibility index (Phi) is 3.95. The summed E-state index contributed by atoms with van der Waals surface area (Å²) in [7, 11) is 0. The lowest BCUT2D eigenvalue weighted by Gasteiger charge is -2.36. The Bertz CT molecular complexity index is 148. The molecule has 0 N–H and O–H groups in total. The van der Waals surface area contributed by atoms with Gasteiger partial charge in [0.25, 0.3) is 0 Å². The number of Topliss-reactive ketones (excluding diaryl/α,β-unsaturated/α-hetero) is 1. The molecule has 0 aliphatic heterocycles. The van der Waals surface area contributed by atoms with Gasteiger partial charge in [-0.15, -0.1) is 0 Å². The third kappa shape index (κ3) is 1.88. The first-order valence-electron chi connectivity index (χ1n) is 4.90. The summed E-state index contributed by atoms with van der Waals surface area (Å²) in [6, 6.07) is 0. The Morgan fingerprint density at radius 2 is 1.50 bits per heavy atom. The van der Waals surface area contributed by atoms with E-state index in [9.17, 15) is 4.79 Å². The summed E-state index contributed by atoms with van der Waals surface area (Å²) >= 11 is 0. The summed E-state index contributed by atoms with van der Waals surface area (Å²) in [5.74, 6) is 1.27. The van der Waals surface area contributed by atoms with Crippen LogP contribution >= 0.6 is 0 Å². The maximum absolute atomic E-state index is 11.7. The van der Waals surface area contributed by atoms with E-state index in [1.54, 1.807) is 0 Å². The smallest absolute Gasteiger partial charge is 0.138 e. The highest BCUT2D eigenvalue weighted by molar-refractivity contribution is 5.84. The minimum absolute atomic E-state index is 0.130. The molecule has 0 unspecified atom stereocenters. The summed E-state index contributed by atoms with van der Waals surface area (Å²) in [4.78, 5) is 11.7. The summed E-state index contributed by atoms with van der Waals surface area (Å²) in [6.07, 6.45) is 0.660. The Morgan fingerprint density at radius 1 is 1.17 bits per heavy atom. The van der Waals surface area contributed by atoms with Crippen molar-refractivity contribution in [1.82, 2.24) is 0 Å². The molecule has 0 amide bonds. The van der Waals surface area contributed by atoms with Crippen molar-refractivity contribution in [2.24, 2.45) is 17.3 Å². The monoisotopic (exact) mass is 170 g/mol. The van der Waals surface area contributed by atoms with E-state index in [-0.39, 0.29) is 5.41 Å². The molecule has 0 aromatic carbocycles. The largest absolute Gasteiger partial charge is 0.299 e. The maximum atomic E-state index is 11.7. The number of carbonyl (C=O) groups excluding carboxylic acids is 1. The second kappa shape index (κ2) is 4.06.